The van der Waals surface area contributed by atoms with Gasteiger partial charge in [-0.15, -0.1) is 0 Å². The third-order valence-electron chi connectivity index (χ3n) is 4.00. The molecule has 1 N–H and O–H groups in total. The molecule has 1 aliphatic carbocycles. The minimum atomic E-state index is 0.548. The number of nitrogens with zero attached hydrogens (tertiary/aromatic N) is 2. The van der Waals surface area contributed by atoms with Gasteiger partial charge in [-0.3, -0.25) is 0 Å². The van der Waals surface area contributed by atoms with Gasteiger partial charge in [0, 0.05) is 12.5 Å². The first-order valence-corrected chi connectivity index (χ1v) is 8.25. The maximum atomic E-state index is 4.78. The van der Waals surface area contributed by atoms with E-state index in [1.165, 1.54) is 25.7 Å². The fourth-order valence-corrected chi connectivity index (χ4v) is 3.33. The molecule has 1 aromatic rings. The van der Waals surface area contributed by atoms with E-state index in [9.17, 15) is 0 Å². The topological polar surface area (TPSA) is 37.8 Å². The normalized spacial score (nSPS) is 23.4. The Hall–Kier alpha value is -0.640. The first-order valence-electron chi connectivity index (χ1n) is 7.45. The number of nitrogens with one attached hydrogen (secondary N) is 1. The standard InChI is InChI=1S/C15H24BrN3/c1-4-12-13(16)15(17-5-2)19-14(18-12)11-8-6-10(3)7-9-11/h10-11H,4-9H2,1-3H3,(H,17,18,19). The van der Waals surface area contributed by atoms with Gasteiger partial charge >= 0.3 is 0 Å². The van der Waals surface area contributed by atoms with E-state index in [1.54, 1.807) is 0 Å². The van der Waals surface area contributed by atoms with Crippen LogP contribution in [-0.4, -0.2) is 16.5 Å². The largest absolute Gasteiger partial charge is 0.369 e. The van der Waals surface area contributed by atoms with Crippen LogP contribution in [0, 0.1) is 5.92 Å². The van der Waals surface area contributed by atoms with E-state index in [0.29, 0.717) is 5.92 Å². The van der Waals surface area contributed by atoms with Gasteiger partial charge in [-0.2, -0.15) is 0 Å². The molecule has 106 valence electrons. The number of hydrogen-bond donors (Lipinski definition) is 1. The molecule has 0 bridgehead atoms. The second-order valence-corrected chi connectivity index (χ2v) is 6.32. The zero-order valence-corrected chi connectivity index (χ0v) is 13.8. The van der Waals surface area contributed by atoms with Gasteiger partial charge in [-0.05, 0) is 48.0 Å². The fourth-order valence-electron chi connectivity index (χ4n) is 2.73. The Labute approximate surface area is 124 Å². The van der Waals surface area contributed by atoms with Gasteiger partial charge in [-0.1, -0.05) is 26.7 Å². The lowest BCUT2D eigenvalue weighted by atomic mass is 9.82. The van der Waals surface area contributed by atoms with Crippen molar-refractivity contribution in [2.24, 2.45) is 5.92 Å². The van der Waals surface area contributed by atoms with Crippen LogP contribution in [0.3, 0.4) is 0 Å². The number of halogens is 1. The van der Waals surface area contributed by atoms with Gasteiger partial charge in [-0.25, -0.2) is 9.97 Å². The summed E-state index contributed by atoms with van der Waals surface area (Å²) in [5.74, 6) is 3.42. The molecule has 4 heteroatoms. The van der Waals surface area contributed by atoms with Crippen molar-refractivity contribution in [2.45, 2.75) is 58.8 Å². The van der Waals surface area contributed by atoms with E-state index in [-0.39, 0.29) is 0 Å². The summed E-state index contributed by atoms with van der Waals surface area (Å²) in [6.07, 6.45) is 6.02. The van der Waals surface area contributed by atoms with E-state index in [2.05, 4.69) is 42.0 Å². The predicted molar refractivity (Wildman–Crippen MR) is 83.6 cm³/mol. The van der Waals surface area contributed by atoms with Crippen molar-refractivity contribution in [1.29, 1.82) is 0 Å². The van der Waals surface area contributed by atoms with E-state index in [0.717, 1.165) is 40.7 Å². The molecular formula is C15H24BrN3. The van der Waals surface area contributed by atoms with E-state index >= 15 is 0 Å². The summed E-state index contributed by atoms with van der Waals surface area (Å²) < 4.78 is 1.03. The molecule has 0 atom stereocenters. The molecule has 1 aliphatic rings. The molecule has 0 radical (unpaired) electrons. The molecule has 19 heavy (non-hydrogen) atoms. The Morgan fingerprint density at radius 3 is 2.42 bits per heavy atom. The van der Waals surface area contributed by atoms with Gasteiger partial charge in [0.2, 0.25) is 0 Å². The van der Waals surface area contributed by atoms with Crippen molar-refractivity contribution < 1.29 is 0 Å². The van der Waals surface area contributed by atoms with Gasteiger partial charge in [0.25, 0.3) is 0 Å². The smallest absolute Gasteiger partial charge is 0.144 e. The van der Waals surface area contributed by atoms with Crippen LogP contribution in [0.15, 0.2) is 4.47 Å². The minimum Gasteiger partial charge on any atom is -0.369 e. The molecule has 1 heterocycles. The molecule has 1 fully saturated rings. The number of hydrogen-bond acceptors (Lipinski definition) is 3. The third kappa shape index (κ3) is 3.47. The van der Waals surface area contributed by atoms with E-state index in [1.807, 2.05) is 0 Å². The Morgan fingerprint density at radius 2 is 1.84 bits per heavy atom. The number of aryl methyl sites for hydroxylation is 1. The average Bonchev–Trinajstić information content (AvgIpc) is 2.42. The van der Waals surface area contributed by atoms with Crippen LogP contribution in [0.1, 0.15) is 63.9 Å². The van der Waals surface area contributed by atoms with Crippen molar-refractivity contribution in [1.82, 2.24) is 9.97 Å². The van der Waals surface area contributed by atoms with Crippen molar-refractivity contribution in [3.63, 3.8) is 0 Å². The number of aromatic nitrogens is 2. The molecule has 0 aliphatic heterocycles. The van der Waals surface area contributed by atoms with Crippen LogP contribution < -0.4 is 5.32 Å². The summed E-state index contributed by atoms with van der Waals surface area (Å²) in [4.78, 5) is 9.53. The van der Waals surface area contributed by atoms with Crippen molar-refractivity contribution in [3.8, 4) is 0 Å². The van der Waals surface area contributed by atoms with Crippen molar-refractivity contribution >= 4 is 21.7 Å². The summed E-state index contributed by atoms with van der Waals surface area (Å²) in [6.45, 7) is 7.48. The SMILES string of the molecule is CCNc1nc(C2CCC(C)CC2)nc(CC)c1Br. The van der Waals surface area contributed by atoms with Crippen LogP contribution in [-0.2, 0) is 6.42 Å². The third-order valence-corrected chi connectivity index (χ3v) is 4.83. The molecule has 0 amide bonds. The quantitative estimate of drug-likeness (QED) is 0.883. The van der Waals surface area contributed by atoms with Crippen LogP contribution in [0.4, 0.5) is 5.82 Å². The highest BCUT2D eigenvalue weighted by Gasteiger charge is 2.23. The molecule has 0 saturated heterocycles. The first kappa shape index (κ1) is 14.8. The first-order chi connectivity index (χ1) is 9.15. The Balaban J connectivity index is 2.27. The molecule has 0 spiro atoms. The molecule has 1 aromatic heterocycles. The minimum absolute atomic E-state index is 0.548. The molecule has 2 rings (SSSR count). The highest BCUT2D eigenvalue weighted by Crippen LogP contribution is 2.35. The lowest BCUT2D eigenvalue weighted by Crippen LogP contribution is -2.16. The maximum Gasteiger partial charge on any atom is 0.144 e. The van der Waals surface area contributed by atoms with Gasteiger partial charge in [0.05, 0.1) is 10.2 Å². The van der Waals surface area contributed by atoms with Gasteiger partial charge < -0.3 is 5.32 Å². The monoisotopic (exact) mass is 325 g/mol. The summed E-state index contributed by atoms with van der Waals surface area (Å²) in [5.41, 5.74) is 1.12. The van der Waals surface area contributed by atoms with Crippen LogP contribution in [0.25, 0.3) is 0 Å². The van der Waals surface area contributed by atoms with Crippen molar-refractivity contribution in [2.75, 3.05) is 11.9 Å². The highest BCUT2D eigenvalue weighted by atomic mass is 79.9. The molecule has 3 nitrogen and oxygen atoms in total. The summed E-state index contributed by atoms with van der Waals surface area (Å²) in [6, 6.07) is 0. The van der Waals surface area contributed by atoms with E-state index < -0.39 is 0 Å². The van der Waals surface area contributed by atoms with Gasteiger partial charge in [0.1, 0.15) is 11.6 Å². The van der Waals surface area contributed by atoms with Crippen LogP contribution in [0.2, 0.25) is 0 Å². The number of anilines is 1. The zero-order valence-electron chi connectivity index (χ0n) is 12.2. The maximum absolute atomic E-state index is 4.78. The Bertz CT molecular complexity index is 426. The molecular weight excluding hydrogens is 302 g/mol. The Morgan fingerprint density at radius 1 is 1.16 bits per heavy atom. The number of rotatable bonds is 4. The molecule has 1 saturated carbocycles. The van der Waals surface area contributed by atoms with E-state index in [4.69, 9.17) is 9.97 Å². The van der Waals surface area contributed by atoms with Gasteiger partial charge in [0.15, 0.2) is 0 Å². The summed E-state index contributed by atoms with van der Waals surface area (Å²) in [5, 5.41) is 3.34. The molecule has 0 aromatic carbocycles. The van der Waals surface area contributed by atoms with Crippen molar-refractivity contribution in [3.05, 3.63) is 16.0 Å². The van der Waals surface area contributed by atoms with Crippen LogP contribution in [0.5, 0.6) is 0 Å². The fraction of sp³-hybridized carbons (Fsp3) is 0.733. The summed E-state index contributed by atoms with van der Waals surface area (Å²) in [7, 11) is 0. The lowest BCUT2D eigenvalue weighted by Gasteiger charge is -2.26. The molecule has 0 unspecified atom stereocenters. The predicted octanol–water partition coefficient (Wildman–Crippen LogP) is 4.53. The summed E-state index contributed by atoms with van der Waals surface area (Å²) >= 11 is 3.62. The average molecular weight is 326 g/mol. The lowest BCUT2D eigenvalue weighted by molar-refractivity contribution is 0.339. The second kappa shape index (κ2) is 6.69. The van der Waals surface area contributed by atoms with Crippen LogP contribution >= 0.6 is 15.9 Å². The zero-order chi connectivity index (χ0) is 13.8. The highest BCUT2D eigenvalue weighted by molar-refractivity contribution is 9.10. The second-order valence-electron chi connectivity index (χ2n) is 5.53. The Kier molecular flexibility index (Phi) is 5.20.